The molecule has 30 heavy (non-hydrogen) atoms. The molecule has 0 spiro atoms. The van der Waals surface area contributed by atoms with Gasteiger partial charge in [0.25, 0.3) is 5.91 Å². The van der Waals surface area contributed by atoms with E-state index in [1.165, 1.54) is 5.56 Å². The number of amides is 1. The number of benzene rings is 2. The molecule has 0 saturated carbocycles. The van der Waals surface area contributed by atoms with E-state index in [1.54, 1.807) is 6.21 Å². The Labute approximate surface area is 180 Å². The third-order valence-electron chi connectivity index (χ3n) is 5.00. The molecule has 0 aliphatic rings. The van der Waals surface area contributed by atoms with E-state index < -0.39 is 0 Å². The molecule has 2 N–H and O–H groups in total. The predicted molar refractivity (Wildman–Crippen MR) is 123 cm³/mol. The molecule has 2 aromatic rings. The van der Waals surface area contributed by atoms with Crippen LogP contribution in [-0.4, -0.2) is 23.8 Å². The second kappa shape index (κ2) is 8.90. The van der Waals surface area contributed by atoms with Gasteiger partial charge in [0.15, 0.2) is 6.61 Å². The van der Waals surface area contributed by atoms with E-state index in [4.69, 9.17) is 4.74 Å². The number of aryl methyl sites for hydroxylation is 2. The molecule has 2 aromatic carbocycles. The van der Waals surface area contributed by atoms with Gasteiger partial charge in [-0.2, -0.15) is 5.10 Å². The summed E-state index contributed by atoms with van der Waals surface area (Å²) in [5.74, 6) is 0.633. The summed E-state index contributed by atoms with van der Waals surface area (Å²) in [5.41, 5.74) is 6.85. The van der Waals surface area contributed by atoms with Crippen molar-refractivity contribution in [2.75, 3.05) is 6.61 Å². The fourth-order valence-electron chi connectivity index (χ4n) is 3.04. The quantitative estimate of drug-likeness (QED) is 0.530. The zero-order valence-electron chi connectivity index (χ0n) is 19.4. The van der Waals surface area contributed by atoms with E-state index >= 15 is 0 Å². The van der Waals surface area contributed by atoms with E-state index in [9.17, 15) is 9.90 Å². The van der Waals surface area contributed by atoms with Crippen LogP contribution in [0.15, 0.2) is 35.4 Å². The van der Waals surface area contributed by atoms with E-state index in [2.05, 4.69) is 52.1 Å². The number of hydrazone groups is 1. The van der Waals surface area contributed by atoms with Crippen LogP contribution in [0, 0.1) is 13.8 Å². The molecule has 0 aliphatic carbocycles. The van der Waals surface area contributed by atoms with Gasteiger partial charge in [0.2, 0.25) is 0 Å². The van der Waals surface area contributed by atoms with Gasteiger partial charge in [-0.3, -0.25) is 4.79 Å². The zero-order chi connectivity index (χ0) is 22.7. The van der Waals surface area contributed by atoms with Gasteiger partial charge in [0, 0.05) is 11.1 Å². The number of carbonyl (C=O) groups is 1. The molecule has 1 amide bonds. The van der Waals surface area contributed by atoms with Crippen LogP contribution in [0.5, 0.6) is 11.5 Å². The van der Waals surface area contributed by atoms with E-state index in [1.807, 2.05) is 44.2 Å². The maximum Gasteiger partial charge on any atom is 0.277 e. The Balaban J connectivity index is 2.11. The van der Waals surface area contributed by atoms with Crippen LogP contribution in [0.2, 0.25) is 0 Å². The minimum absolute atomic E-state index is 0.115. The zero-order valence-corrected chi connectivity index (χ0v) is 19.4. The molecule has 2 rings (SSSR count). The van der Waals surface area contributed by atoms with Crippen LogP contribution in [0.25, 0.3) is 0 Å². The fourth-order valence-corrected chi connectivity index (χ4v) is 3.04. The van der Waals surface area contributed by atoms with Crippen molar-refractivity contribution in [1.29, 1.82) is 0 Å². The van der Waals surface area contributed by atoms with Crippen molar-refractivity contribution in [1.82, 2.24) is 5.43 Å². The summed E-state index contributed by atoms with van der Waals surface area (Å²) in [5, 5.41) is 14.9. The molecule has 0 heterocycles. The molecular weight excluding hydrogens is 376 g/mol. The fraction of sp³-hybridized carbons (Fsp3) is 0.440. The van der Waals surface area contributed by atoms with Crippen molar-refractivity contribution in [3.8, 4) is 11.5 Å². The molecule has 0 aliphatic heterocycles. The highest BCUT2D eigenvalue weighted by atomic mass is 16.5. The van der Waals surface area contributed by atoms with Gasteiger partial charge in [-0.25, -0.2) is 5.43 Å². The lowest BCUT2D eigenvalue weighted by Gasteiger charge is -2.27. The Hall–Kier alpha value is -2.82. The SMILES string of the molecule is Cc1ccc(OCC(=O)N/N=C\c2cc(C(C)(C)C)c(O)c(C(C)(C)C)c2)cc1C. The van der Waals surface area contributed by atoms with Crippen molar-refractivity contribution >= 4 is 12.1 Å². The maximum absolute atomic E-state index is 12.1. The average Bonchev–Trinajstić information content (AvgIpc) is 2.62. The topological polar surface area (TPSA) is 70.9 Å². The first kappa shape index (κ1) is 23.5. The highest BCUT2D eigenvalue weighted by Crippen LogP contribution is 2.39. The Bertz CT molecular complexity index is 913. The number of carbonyl (C=O) groups excluding carboxylic acids is 1. The molecule has 5 nitrogen and oxygen atoms in total. The second-order valence-electron chi connectivity index (χ2n) is 9.79. The smallest absolute Gasteiger partial charge is 0.277 e. The van der Waals surface area contributed by atoms with Gasteiger partial charge in [-0.15, -0.1) is 0 Å². The number of rotatable bonds is 5. The van der Waals surface area contributed by atoms with Crippen LogP contribution in [0.4, 0.5) is 0 Å². The molecule has 0 saturated heterocycles. The largest absolute Gasteiger partial charge is 0.507 e. The molecule has 162 valence electrons. The van der Waals surface area contributed by atoms with Gasteiger partial charge in [-0.1, -0.05) is 47.6 Å². The average molecular weight is 411 g/mol. The molecule has 0 aromatic heterocycles. The number of nitrogens with one attached hydrogen (secondary N) is 1. The third kappa shape index (κ3) is 6.09. The molecular formula is C25H34N2O3. The van der Waals surface area contributed by atoms with Gasteiger partial charge < -0.3 is 9.84 Å². The summed E-state index contributed by atoms with van der Waals surface area (Å²) in [7, 11) is 0. The summed E-state index contributed by atoms with van der Waals surface area (Å²) in [6, 6.07) is 9.53. The number of aromatic hydroxyl groups is 1. The number of hydrogen-bond donors (Lipinski definition) is 2. The van der Waals surface area contributed by atoms with Crippen LogP contribution in [-0.2, 0) is 15.6 Å². The molecule has 0 unspecified atom stereocenters. The summed E-state index contributed by atoms with van der Waals surface area (Å²) in [6.45, 7) is 16.3. The standard InChI is InChI=1S/C25H34N2O3/c1-16-9-10-19(11-17(16)2)30-15-22(28)27-26-14-18-12-20(24(3,4)5)23(29)21(13-18)25(6,7)8/h9-14,29H,15H2,1-8H3,(H,27,28)/b26-14-. The molecule has 0 atom stereocenters. The lowest BCUT2D eigenvalue weighted by molar-refractivity contribution is -0.123. The second-order valence-corrected chi connectivity index (χ2v) is 9.79. The molecule has 0 fully saturated rings. The molecule has 5 heteroatoms. The lowest BCUT2D eigenvalue weighted by Crippen LogP contribution is -2.24. The summed E-state index contributed by atoms with van der Waals surface area (Å²) >= 11 is 0. The first-order chi connectivity index (χ1) is 13.8. The van der Waals surface area contributed by atoms with Crippen molar-refractivity contribution in [3.63, 3.8) is 0 Å². The Kier molecular flexibility index (Phi) is 6.96. The molecule has 0 bridgehead atoms. The van der Waals surface area contributed by atoms with E-state index in [-0.39, 0.29) is 23.3 Å². The van der Waals surface area contributed by atoms with Crippen molar-refractivity contribution < 1.29 is 14.6 Å². The van der Waals surface area contributed by atoms with Gasteiger partial charge in [0.1, 0.15) is 11.5 Å². The Morgan fingerprint density at radius 1 is 1.00 bits per heavy atom. The summed E-state index contributed by atoms with van der Waals surface area (Å²) < 4.78 is 5.53. The van der Waals surface area contributed by atoms with Crippen molar-refractivity contribution in [2.24, 2.45) is 5.10 Å². The maximum atomic E-state index is 12.1. The normalized spacial score (nSPS) is 12.3. The molecule has 0 radical (unpaired) electrons. The first-order valence-electron chi connectivity index (χ1n) is 10.2. The van der Waals surface area contributed by atoms with E-state index in [0.29, 0.717) is 11.5 Å². The number of phenolic OH excluding ortho intramolecular Hbond substituents is 1. The minimum atomic E-state index is -0.338. The Morgan fingerprint density at radius 3 is 2.07 bits per heavy atom. The number of ether oxygens (including phenoxy) is 1. The highest BCUT2D eigenvalue weighted by molar-refractivity contribution is 5.84. The number of hydrogen-bond acceptors (Lipinski definition) is 4. The third-order valence-corrected chi connectivity index (χ3v) is 5.00. The number of phenols is 1. The van der Waals surface area contributed by atoms with E-state index in [0.717, 1.165) is 22.3 Å². The first-order valence-corrected chi connectivity index (χ1v) is 10.2. The van der Waals surface area contributed by atoms with Crippen LogP contribution >= 0.6 is 0 Å². The van der Waals surface area contributed by atoms with Gasteiger partial charge in [0.05, 0.1) is 6.21 Å². The van der Waals surface area contributed by atoms with Crippen LogP contribution < -0.4 is 10.2 Å². The Morgan fingerprint density at radius 2 is 1.57 bits per heavy atom. The minimum Gasteiger partial charge on any atom is -0.507 e. The highest BCUT2D eigenvalue weighted by Gasteiger charge is 2.26. The van der Waals surface area contributed by atoms with Crippen molar-refractivity contribution in [2.45, 2.75) is 66.2 Å². The summed E-state index contributed by atoms with van der Waals surface area (Å²) in [6.07, 6.45) is 1.60. The predicted octanol–water partition coefficient (Wildman–Crippen LogP) is 5.13. The van der Waals surface area contributed by atoms with Crippen LogP contribution in [0.1, 0.15) is 69.4 Å². The van der Waals surface area contributed by atoms with Crippen molar-refractivity contribution in [3.05, 3.63) is 58.1 Å². The van der Waals surface area contributed by atoms with Gasteiger partial charge >= 0.3 is 0 Å². The van der Waals surface area contributed by atoms with Crippen LogP contribution in [0.3, 0.4) is 0 Å². The number of nitrogens with zero attached hydrogens (tertiary/aromatic N) is 1. The lowest BCUT2D eigenvalue weighted by atomic mass is 9.78. The van der Waals surface area contributed by atoms with Gasteiger partial charge in [-0.05, 0) is 65.6 Å². The monoisotopic (exact) mass is 410 g/mol. The summed E-state index contributed by atoms with van der Waals surface area (Å²) in [4.78, 5) is 12.1.